The average molecular weight is 550 g/mol. The fraction of sp³-hybridized carbons (Fsp3) is 0.286. The summed E-state index contributed by atoms with van der Waals surface area (Å²) in [5.41, 5.74) is 8.19. The minimum absolute atomic E-state index is 0.162. The molecule has 206 valence electrons. The first-order valence-corrected chi connectivity index (χ1v) is 10.4. The van der Waals surface area contributed by atoms with Crippen LogP contribution in [0.2, 0.25) is 0 Å². The standard InChI is InChI=1S/C17H18N6O.2C2HF3O2/c18-13-4-6-23(10-13)16-8-11(3-5-19-16)17(24)21-14-1-2-15-12(7-14)9-20-22-15;2*3-2(4,5)1(6)7/h1-3,5,7-9,13H,4,6,10,18H2,(H,20,22)(H,21,24);2*(H,6,7)/t13-;;/m1../s1. The molecule has 2 aromatic heterocycles. The molecule has 0 bridgehead atoms. The number of aliphatic carboxylic acids is 2. The third kappa shape index (κ3) is 8.91. The lowest BCUT2D eigenvalue weighted by atomic mass is 10.2. The number of rotatable bonds is 3. The van der Waals surface area contributed by atoms with Crippen LogP contribution in [-0.4, -0.2) is 74.7 Å². The van der Waals surface area contributed by atoms with Crippen LogP contribution in [0.5, 0.6) is 0 Å². The van der Waals surface area contributed by atoms with E-state index in [4.69, 9.17) is 25.5 Å². The summed E-state index contributed by atoms with van der Waals surface area (Å²) in [6.45, 7) is 1.64. The van der Waals surface area contributed by atoms with E-state index in [0.717, 1.165) is 41.9 Å². The van der Waals surface area contributed by atoms with Gasteiger partial charge >= 0.3 is 24.3 Å². The van der Waals surface area contributed by atoms with Gasteiger partial charge < -0.3 is 26.2 Å². The number of aromatic amines is 1. The van der Waals surface area contributed by atoms with Crippen molar-refractivity contribution in [1.29, 1.82) is 0 Å². The maximum atomic E-state index is 12.5. The normalized spacial score (nSPS) is 15.1. The zero-order chi connectivity index (χ0) is 28.7. The van der Waals surface area contributed by atoms with Crippen LogP contribution in [0.25, 0.3) is 10.9 Å². The van der Waals surface area contributed by atoms with Crippen LogP contribution in [0, 0.1) is 0 Å². The SMILES string of the molecule is N[C@@H]1CCN(c2cc(C(=O)Nc3ccc4[nH]ncc4c3)ccn2)C1.O=C(O)C(F)(F)F.O=C(O)C(F)(F)F. The second kappa shape index (κ2) is 12.2. The van der Waals surface area contributed by atoms with Gasteiger partial charge in [-0.25, -0.2) is 14.6 Å². The Balaban J connectivity index is 0.000000301. The van der Waals surface area contributed by atoms with Crippen LogP contribution >= 0.6 is 0 Å². The number of hydrogen-bond donors (Lipinski definition) is 5. The molecule has 0 aliphatic carbocycles. The van der Waals surface area contributed by atoms with Crippen LogP contribution in [-0.2, 0) is 9.59 Å². The monoisotopic (exact) mass is 550 g/mol. The fourth-order valence-corrected chi connectivity index (χ4v) is 2.95. The van der Waals surface area contributed by atoms with E-state index in [1.54, 1.807) is 18.5 Å². The third-order valence-corrected chi connectivity index (χ3v) is 4.74. The summed E-state index contributed by atoms with van der Waals surface area (Å²) < 4.78 is 63.5. The third-order valence-electron chi connectivity index (χ3n) is 4.74. The maximum absolute atomic E-state index is 12.5. The molecule has 1 aliphatic rings. The van der Waals surface area contributed by atoms with Gasteiger partial charge in [-0.2, -0.15) is 31.4 Å². The van der Waals surface area contributed by atoms with Crippen LogP contribution in [0.4, 0.5) is 37.8 Å². The van der Waals surface area contributed by atoms with Crippen LogP contribution in [0.15, 0.2) is 42.7 Å². The molecule has 3 aromatic rings. The van der Waals surface area contributed by atoms with E-state index in [0.29, 0.717) is 5.56 Å². The molecular weight excluding hydrogens is 530 g/mol. The zero-order valence-corrected chi connectivity index (χ0v) is 19.0. The predicted molar refractivity (Wildman–Crippen MR) is 120 cm³/mol. The summed E-state index contributed by atoms with van der Waals surface area (Å²) in [6.07, 6.45) is -5.83. The number of carbonyl (C=O) groups is 3. The molecule has 6 N–H and O–H groups in total. The molecule has 4 rings (SSSR count). The number of pyridine rings is 1. The van der Waals surface area contributed by atoms with Gasteiger partial charge in [0.2, 0.25) is 0 Å². The van der Waals surface area contributed by atoms with Gasteiger partial charge in [0, 0.05) is 42.0 Å². The Morgan fingerprint density at radius 2 is 1.63 bits per heavy atom. The summed E-state index contributed by atoms with van der Waals surface area (Å²) in [6, 6.07) is 9.32. The van der Waals surface area contributed by atoms with E-state index in [-0.39, 0.29) is 11.9 Å². The number of carboxylic acids is 2. The van der Waals surface area contributed by atoms with Crippen molar-refractivity contribution in [3.8, 4) is 0 Å². The van der Waals surface area contributed by atoms with Crippen molar-refractivity contribution in [2.24, 2.45) is 5.73 Å². The number of nitrogens with two attached hydrogens (primary N) is 1. The van der Waals surface area contributed by atoms with E-state index in [1.807, 2.05) is 24.3 Å². The molecule has 0 saturated carbocycles. The number of nitrogens with one attached hydrogen (secondary N) is 2. The van der Waals surface area contributed by atoms with Gasteiger partial charge in [-0.3, -0.25) is 9.89 Å². The second-order valence-electron chi connectivity index (χ2n) is 7.63. The minimum Gasteiger partial charge on any atom is -0.475 e. The number of carboxylic acid groups (broad SMARTS) is 2. The molecule has 1 aromatic carbocycles. The molecule has 0 spiro atoms. The van der Waals surface area contributed by atoms with E-state index >= 15 is 0 Å². The fourth-order valence-electron chi connectivity index (χ4n) is 2.95. The number of halogens is 6. The van der Waals surface area contributed by atoms with E-state index in [2.05, 4.69) is 25.4 Å². The van der Waals surface area contributed by atoms with Crippen molar-refractivity contribution in [2.45, 2.75) is 24.8 Å². The number of carbonyl (C=O) groups excluding carboxylic acids is 1. The largest absolute Gasteiger partial charge is 0.490 e. The number of fused-ring (bicyclic) bond motifs is 1. The number of H-pyrrole nitrogens is 1. The molecule has 1 atom stereocenters. The molecular formula is C21H20F6N6O5. The zero-order valence-electron chi connectivity index (χ0n) is 19.0. The number of hydrogen-bond acceptors (Lipinski definition) is 7. The van der Waals surface area contributed by atoms with Gasteiger partial charge in [-0.1, -0.05) is 0 Å². The number of alkyl halides is 6. The maximum Gasteiger partial charge on any atom is 0.490 e. The Hall–Kier alpha value is -4.41. The highest BCUT2D eigenvalue weighted by Crippen LogP contribution is 2.21. The molecule has 0 unspecified atom stereocenters. The van der Waals surface area contributed by atoms with Gasteiger partial charge in [0.25, 0.3) is 5.91 Å². The van der Waals surface area contributed by atoms with Crippen molar-refractivity contribution < 1.29 is 50.9 Å². The van der Waals surface area contributed by atoms with E-state index in [9.17, 15) is 31.1 Å². The lowest BCUT2D eigenvalue weighted by Gasteiger charge is -2.17. The number of anilines is 2. The molecule has 11 nitrogen and oxygen atoms in total. The number of benzene rings is 1. The quantitative estimate of drug-likeness (QED) is 0.307. The summed E-state index contributed by atoms with van der Waals surface area (Å²) in [7, 11) is 0. The van der Waals surface area contributed by atoms with Crippen molar-refractivity contribution >= 4 is 40.3 Å². The topological polar surface area (TPSA) is 175 Å². The van der Waals surface area contributed by atoms with Crippen LogP contribution < -0.4 is 16.0 Å². The highest BCUT2D eigenvalue weighted by Gasteiger charge is 2.38. The van der Waals surface area contributed by atoms with Gasteiger partial charge in [0.1, 0.15) is 5.82 Å². The highest BCUT2D eigenvalue weighted by molar-refractivity contribution is 6.05. The Kier molecular flexibility index (Phi) is 9.59. The molecule has 3 heterocycles. The van der Waals surface area contributed by atoms with Crippen molar-refractivity contribution in [1.82, 2.24) is 15.2 Å². The average Bonchev–Trinajstić information content (AvgIpc) is 3.47. The first kappa shape index (κ1) is 29.8. The summed E-state index contributed by atoms with van der Waals surface area (Å²) in [4.78, 5) is 36.8. The van der Waals surface area contributed by atoms with Crippen molar-refractivity contribution in [3.05, 3.63) is 48.3 Å². The van der Waals surface area contributed by atoms with Crippen LogP contribution in [0.3, 0.4) is 0 Å². The van der Waals surface area contributed by atoms with Gasteiger partial charge in [0.05, 0.1) is 11.7 Å². The first-order valence-electron chi connectivity index (χ1n) is 10.4. The van der Waals surface area contributed by atoms with Crippen molar-refractivity contribution in [2.75, 3.05) is 23.3 Å². The molecule has 17 heteroatoms. The molecule has 1 amide bonds. The van der Waals surface area contributed by atoms with Gasteiger partial charge in [-0.05, 0) is 36.8 Å². The summed E-state index contributed by atoms with van der Waals surface area (Å²) in [5, 5.41) is 25.0. The summed E-state index contributed by atoms with van der Waals surface area (Å²) >= 11 is 0. The second-order valence-corrected chi connectivity index (χ2v) is 7.63. The van der Waals surface area contributed by atoms with Crippen LogP contribution in [0.1, 0.15) is 16.8 Å². The lowest BCUT2D eigenvalue weighted by molar-refractivity contribution is -0.193. The Bertz CT molecular complexity index is 1260. The summed E-state index contributed by atoms with van der Waals surface area (Å²) in [5.74, 6) is -4.88. The number of nitrogens with zero attached hydrogens (tertiary/aromatic N) is 3. The Morgan fingerprint density at radius 1 is 1.03 bits per heavy atom. The molecule has 1 aliphatic heterocycles. The van der Waals surface area contributed by atoms with E-state index in [1.165, 1.54) is 0 Å². The lowest BCUT2D eigenvalue weighted by Crippen LogP contribution is -2.27. The molecule has 0 radical (unpaired) electrons. The Labute approximate surface area is 209 Å². The van der Waals surface area contributed by atoms with Gasteiger partial charge in [0.15, 0.2) is 0 Å². The van der Waals surface area contributed by atoms with Gasteiger partial charge in [-0.15, -0.1) is 0 Å². The number of amides is 1. The number of aromatic nitrogens is 3. The first-order chi connectivity index (χ1) is 17.6. The Morgan fingerprint density at radius 3 is 2.16 bits per heavy atom. The predicted octanol–water partition coefficient (Wildman–Crippen LogP) is 3.01. The minimum atomic E-state index is -5.08. The van der Waals surface area contributed by atoms with Crippen molar-refractivity contribution in [3.63, 3.8) is 0 Å². The molecule has 38 heavy (non-hydrogen) atoms. The van der Waals surface area contributed by atoms with E-state index < -0.39 is 24.3 Å². The smallest absolute Gasteiger partial charge is 0.475 e. The highest BCUT2D eigenvalue weighted by atomic mass is 19.4. The molecule has 1 fully saturated rings. The molecule has 1 saturated heterocycles.